The minimum absolute atomic E-state index is 0.0272. The molecule has 24 heavy (non-hydrogen) atoms. The topological polar surface area (TPSA) is 41.6 Å². The Morgan fingerprint density at radius 1 is 1.08 bits per heavy atom. The van der Waals surface area contributed by atoms with E-state index in [1.165, 1.54) is 0 Å². The van der Waals surface area contributed by atoms with Gasteiger partial charge in [0, 0.05) is 23.5 Å². The minimum atomic E-state index is 0.0272. The zero-order valence-corrected chi connectivity index (χ0v) is 14.5. The van der Waals surface area contributed by atoms with Crippen LogP contribution in [-0.2, 0) is 4.79 Å². The molecule has 0 aromatic heterocycles. The summed E-state index contributed by atoms with van der Waals surface area (Å²) in [5.41, 5.74) is 2.83. The van der Waals surface area contributed by atoms with Crippen molar-refractivity contribution in [2.75, 3.05) is 16.8 Å². The lowest BCUT2D eigenvalue weighted by Crippen LogP contribution is -2.45. The third kappa shape index (κ3) is 3.53. The van der Waals surface area contributed by atoms with E-state index in [4.69, 9.17) is 4.74 Å². The van der Waals surface area contributed by atoms with E-state index in [0.29, 0.717) is 5.92 Å². The van der Waals surface area contributed by atoms with Gasteiger partial charge in [-0.25, -0.2) is 0 Å². The van der Waals surface area contributed by atoms with Gasteiger partial charge in [0.15, 0.2) is 6.61 Å². The molecule has 0 aliphatic carbocycles. The van der Waals surface area contributed by atoms with Crippen LogP contribution in [0.25, 0.3) is 0 Å². The van der Waals surface area contributed by atoms with Crippen LogP contribution in [0.4, 0.5) is 17.1 Å². The Balaban J connectivity index is 1.85. The van der Waals surface area contributed by atoms with Crippen LogP contribution in [0, 0.1) is 5.92 Å². The van der Waals surface area contributed by atoms with Gasteiger partial charge in [0.25, 0.3) is 5.91 Å². The lowest BCUT2D eigenvalue weighted by Gasteiger charge is -2.35. The van der Waals surface area contributed by atoms with E-state index >= 15 is 0 Å². The van der Waals surface area contributed by atoms with Crippen molar-refractivity contribution in [3.63, 3.8) is 0 Å². The first kappa shape index (κ1) is 16.4. The maximum absolute atomic E-state index is 12.3. The van der Waals surface area contributed by atoms with E-state index in [1.807, 2.05) is 53.4 Å². The van der Waals surface area contributed by atoms with E-state index in [1.54, 1.807) is 0 Å². The number of hydrogen-bond donors (Lipinski definition) is 1. The highest BCUT2D eigenvalue weighted by molar-refractivity contribution is 5.98. The Hall–Kier alpha value is -2.49. The highest BCUT2D eigenvalue weighted by Crippen LogP contribution is 2.37. The van der Waals surface area contributed by atoms with E-state index in [2.05, 4.69) is 26.1 Å². The Morgan fingerprint density at radius 3 is 2.54 bits per heavy atom. The van der Waals surface area contributed by atoms with Crippen LogP contribution in [0.3, 0.4) is 0 Å². The molecule has 0 fully saturated rings. The fourth-order valence-corrected chi connectivity index (χ4v) is 3.21. The number of amides is 1. The standard InChI is InChI=1S/C20H24N2O2/c1-14(2)11-15(3)22-18-10-9-17(12-19(18)24-13-20(22)23)21-16-7-5-4-6-8-16/h4-10,12,14-15,21H,11,13H2,1-3H3. The summed E-state index contributed by atoms with van der Waals surface area (Å²) < 4.78 is 5.67. The molecule has 1 aliphatic heterocycles. The summed E-state index contributed by atoms with van der Waals surface area (Å²) in [5.74, 6) is 1.32. The second kappa shape index (κ2) is 6.95. The smallest absolute Gasteiger partial charge is 0.265 e. The van der Waals surface area contributed by atoms with Crippen LogP contribution in [0.1, 0.15) is 27.2 Å². The van der Waals surface area contributed by atoms with Gasteiger partial charge in [-0.3, -0.25) is 4.79 Å². The van der Waals surface area contributed by atoms with Crippen LogP contribution >= 0.6 is 0 Å². The molecule has 0 saturated carbocycles. The molecule has 1 aliphatic rings. The largest absolute Gasteiger partial charge is 0.481 e. The Bertz CT molecular complexity index is 713. The minimum Gasteiger partial charge on any atom is -0.481 e. The Labute approximate surface area is 143 Å². The van der Waals surface area contributed by atoms with Crippen LogP contribution in [0.2, 0.25) is 0 Å². The quantitative estimate of drug-likeness (QED) is 0.874. The maximum atomic E-state index is 12.3. The molecule has 1 N–H and O–H groups in total. The number of ether oxygens (including phenoxy) is 1. The van der Waals surface area contributed by atoms with Gasteiger partial charge in [-0.05, 0) is 43.5 Å². The first-order valence-corrected chi connectivity index (χ1v) is 8.45. The monoisotopic (exact) mass is 324 g/mol. The number of carbonyl (C=O) groups excluding carboxylic acids is 1. The van der Waals surface area contributed by atoms with Crippen molar-refractivity contribution >= 4 is 23.0 Å². The number of fused-ring (bicyclic) bond motifs is 1. The molecule has 0 bridgehead atoms. The Morgan fingerprint density at radius 2 is 1.83 bits per heavy atom. The van der Waals surface area contributed by atoms with Crippen molar-refractivity contribution in [3.8, 4) is 5.75 Å². The van der Waals surface area contributed by atoms with Crippen molar-refractivity contribution < 1.29 is 9.53 Å². The number of anilines is 3. The maximum Gasteiger partial charge on any atom is 0.265 e. The molecule has 1 amide bonds. The van der Waals surface area contributed by atoms with Gasteiger partial charge in [0.05, 0.1) is 5.69 Å². The fourth-order valence-electron chi connectivity index (χ4n) is 3.21. The molecule has 3 rings (SSSR count). The van der Waals surface area contributed by atoms with Gasteiger partial charge in [0.2, 0.25) is 0 Å². The number of rotatable bonds is 5. The SMILES string of the molecule is CC(C)CC(C)N1C(=O)COc2cc(Nc3ccccc3)ccc21. The van der Waals surface area contributed by atoms with E-state index in [9.17, 15) is 4.79 Å². The molecule has 0 spiro atoms. The summed E-state index contributed by atoms with van der Waals surface area (Å²) in [5, 5.41) is 3.36. The molecule has 2 aromatic rings. The molecular weight excluding hydrogens is 300 g/mol. The molecule has 1 unspecified atom stereocenters. The number of carbonyl (C=O) groups is 1. The second-order valence-corrected chi connectivity index (χ2v) is 6.70. The van der Waals surface area contributed by atoms with Crippen LogP contribution < -0.4 is 15.0 Å². The number of benzene rings is 2. The fraction of sp³-hybridized carbons (Fsp3) is 0.350. The first-order chi connectivity index (χ1) is 11.5. The Kier molecular flexibility index (Phi) is 4.74. The predicted octanol–water partition coefficient (Wildman–Crippen LogP) is 4.59. The number of hydrogen-bond acceptors (Lipinski definition) is 3. The summed E-state index contributed by atoms with van der Waals surface area (Å²) in [4.78, 5) is 14.2. The third-order valence-electron chi connectivity index (χ3n) is 4.15. The summed E-state index contributed by atoms with van der Waals surface area (Å²) in [6.45, 7) is 6.55. The highest BCUT2D eigenvalue weighted by atomic mass is 16.5. The molecule has 1 atom stereocenters. The van der Waals surface area contributed by atoms with Crippen molar-refractivity contribution in [3.05, 3.63) is 48.5 Å². The first-order valence-electron chi connectivity index (χ1n) is 8.45. The van der Waals surface area contributed by atoms with Gasteiger partial charge >= 0.3 is 0 Å². The summed E-state index contributed by atoms with van der Waals surface area (Å²) in [6, 6.07) is 16.1. The van der Waals surface area contributed by atoms with Crippen molar-refractivity contribution in [2.24, 2.45) is 5.92 Å². The van der Waals surface area contributed by atoms with E-state index in [0.717, 1.165) is 29.2 Å². The lowest BCUT2D eigenvalue weighted by atomic mass is 10.0. The predicted molar refractivity (Wildman–Crippen MR) is 98.1 cm³/mol. The van der Waals surface area contributed by atoms with E-state index < -0.39 is 0 Å². The summed E-state index contributed by atoms with van der Waals surface area (Å²) in [6.07, 6.45) is 0.967. The molecular formula is C20H24N2O2. The van der Waals surface area contributed by atoms with E-state index in [-0.39, 0.29) is 18.6 Å². The van der Waals surface area contributed by atoms with Gasteiger partial charge < -0.3 is 15.0 Å². The van der Waals surface area contributed by atoms with Crippen LogP contribution in [0.15, 0.2) is 48.5 Å². The number of nitrogens with zero attached hydrogens (tertiary/aromatic N) is 1. The van der Waals surface area contributed by atoms with Crippen LogP contribution in [-0.4, -0.2) is 18.6 Å². The average Bonchev–Trinajstić information content (AvgIpc) is 2.55. The molecule has 0 radical (unpaired) electrons. The normalized spacial score (nSPS) is 15.0. The summed E-state index contributed by atoms with van der Waals surface area (Å²) >= 11 is 0. The third-order valence-corrected chi connectivity index (χ3v) is 4.15. The molecule has 2 aromatic carbocycles. The molecule has 4 nitrogen and oxygen atoms in total. The van der Waals surface area contributed by atoms with Gasteiger partial charge in [-0.15, -0.1) is 0 Å². The molecule has 4 heteroatoms. The molecule has 126 valence electrons. The lowest BCUT2D eigenvalue weighted by molar-refractivity contribution is -0.121. The second-order valence-electron chi connectivity index (χ2n) is 6.70. The van der Waals surface area contributed by atoms with Crippen molar-refractivity contribution in [2.45, 2.75) is 33.2 Å². The zero-order valence-electron chi connectivity index (χ0n) is 14.5. The number of para-hydroxylation sites is 1. The van der Waals surface area contributed by atoms with Gasteiger partial charge in [-0.1, -0.05) is 32.0 Å². The molecule has 0 saturated heterocycles. The molecule has 1 heterocycles. The summed E-state index contributed by atoms with van der Waals surface area (Å²) in [7, 11) is 0. The zero-order chi connectivity index (χ0) is 17.1. The van der Waals surface area contributed by atoms with Crippen molar-refractivity contribution in [1.82, 2.24) is 0 Å². The van der Waals surface area contributed by atoms with Crippen molar-refractivity contribution in [1.29, 1.82) is 0 Å². The van der Waals surface area contributed by atoms with Gasteiger partial charge in [-0.2, -0.15) is 0 Å². The van der Waals surface area contributed by atoms with Gasteiger partial charge in [0.1, 0.15) is 5.75 Å². The van der Waals surface area contributed by atoms with Crippen LogP contribution in [0.5, 0.6) is 5.75 Å². The number of nitrogens with one attached hydrogen (secondary N) is 1. The average molecular weight is 324 g/mol. The highest BCUT2D eigenvalue weighted by Gasteiger charge is 2.29.